The van der Waals surface area contributed by atoms with Gasteiger partial charge in [0, 0.05) is 38.4 Å². The summed E-state index contributed by atoms with van der Waals surface area (Å²) in [6.07, 6.45) is 1.83. The number of benzene rings is 3. The molecule has 6 rings (SSSR count). The van der Waals surface area contributed by atoms with E-state index < -0.39 is 0 Å². The Morgan fingerprint density at radius 3 is 2.20 bits per heavy atom. The van der Waals surface area contributed by atoms with Crippen LogP contribution in [-0.4, -0.2) is 45.7 Å². The zero-order valence-corrected chi connectivity index (χ0v) is 19.4. The van der Waals surface area contributed by atoms with E-state index in [1.54, 1.807) is 0 Å². The lowest BCUT2D eigenvalue weighted by Gasteiger charge is -2.27. The van der Waals surface area contributed by atoms with Crippen molar-refractivity contribution < 1.29 is 0 Å². The molecule has 3 heterocycles. The minimum atomic E-state index is 0.653. The third-order valence-electron chi connectivity index (χ3n) is 6.34. The smallest absolute Gasteiger partial charge is 0.229 e. The van der Waals surface area contributed by atoms with Gasteiger partial charge in [-0.05, 0) is 28.8 Å². The number of fused-ring (bicyclic) bond motifs is 1. The van der Waals surface area contributed by atoms with Crippen LogP contribution < -0.4 is 15.5 Å². The van der Waals surface area contributed by atoms with Crippen LogP contribution in [0.1, 0.15) is 5.56 Å². The van der Waals surface area contributed by atoms with Crippen molar-refractivity contribution in [1.82, 2.24) is 24.8 Å². The maximum atomic E-state index is 4.94. The van der Waals surface area contributed by atoms with Crippen LogP contribution in [0.25, 0.3) is 28.0 Å². The summed E-state index contributed by atoms with van der Waals surface area (Å²) in [7, 11) is 0. The minimum Gasteiger partial charge on any atom is -0.364 e. The molecular formula is C28H27N7. The maximum Gasteiger partial charge on any atom is 0.229 e. The molecule has 1 aliphatic rings. The van der Waals surface area contributed by atoms with Crippen molar-refractivity contribution in [1.29, 1.82) is 0 Å². The fourth-order valence-corrected chi connectivity index (χ4v) is 4.43. The van der Waals surface area contributed by atoms with E-state index >= 15 is 0 Å². The monoisotopic (exact) mass is 461 g/mol. The molecule has 0 atom stereocenters. The van der Waals surface area contributed by atoms with Crippen molar-refractivity contribution in [2.45, 2.75) is 6.54 Å². The topological polar surface area (TPSA) is 70.9 Å². The van der Waals surface area contributed by atoms with Crippen LogP contribution in [0.15, 0.2) is 91.3 Å². The Morgan fingerprint density at radius 1 is 0.771 bits per heavy atom. The molecule has 7 nitrogen and oxygen atoms in total. The molecule has 0 unspecified atom stereocenters. The van der Waals surface area contributed by atoms with E-state index in [2.05, 4.69) is 76.2 Å². The number of piperazine rings is 1. The average molecular weight is 462 g/mol. The summed E-state index contributed by atoms with van der Waals surface area (Å²) in [6.45, 7) is 4.27. The number of para-hydroxylation sites is 1. The van der Waals surface area contributed by atoms with E-state index in [9.17, 15) is 0 Å². The van der Waals surface area contributed by atoms with Crippen molar-refractivity contribution >= 4 is 22.9 Å². The number of nitrogens with zero attached hydrogens (tertiary/aromatic N) is 5. The Hall–Kier alpha value is -4.23. The average Bonchev–Trinajstić information content (AvgIpc) is 3.38. The Morgan fingerprint density at radius 2 is 1.46 bits per heavy atom. The van der Waals surface area contributed by atoms with Crippen LogP contribution in [0.2, 0.25) is 0 Å². The quantitative estimate of drug-likeness (QED) is 0.388. The molecule has 0 aliphatic carbocycles. The third-order valence-corrected chi connectivity index (χ3v) is 6.34. The summed E-state index contributed by atoms with van der Waals surface area (Å²) < 4.78 is 2.03. The van der Waals surface area contributed by atoms with Gasteiger partial charge in [-0.3, -0.25) is 4.57 Å². The van der Waals surface area contributed by atoms with Gasteiger partial charge >= 0.3 is 0 Å². The first-order valence-corrected chi connectivity index (χ1v) is 12.0. The molecule has 3 aromatic carbocycles. The number of hydrogen-bond donors (Lipinski definition) is 2. The molecule has 174 valence electrons. The first-order chi connectivity index (χ1) is 17.3. The first-order valence-electron chi connectivity index (χ1n) is 12.0. The molecule has 0 saturated carbocycles. The van der Waals surface area contributed by atoms with Crippen molar-refractivity contribution in [3.63, 3.8) is 0 Å². The van der Waals surface area contributed by atoms with Gasteiger partial charge in [0.15, 0.2) is 17.0 Å². The summed E-state index contributed by atoms with van der Waals surface area (Å²) in [5.74, 6) is 1.49. The van der Waals surface area contributed by atoms with Crippen LogP contribution in [0.5, 0.6) is 0 Å². The number of aromatic nitrogens is 4. The Kier molecular flexibility index (Phi) is 5.82. The van der Waals surface area contributed by atoms with Gasteiger partial charge in [-0.25, -0.2) is 4.98 Å². The van der Waals surface area contributed by atoms with E-state index in [4.69, 9.17) is 15.0 Å². The fraction of sp³-hybridized carbons (Fsp3) is 0.179. The molecule has 5 aromatic rings. The SMILES string of the molecule is c1ccc(-c2ccc(CNc3nc(N4CCNCC4)nc4c3ncn4-c3ccccc3)cc2)cc1. The van der Waals surface area contributed by atoms with Gasteiger partial charge in [0.25, 0.3) is 0 Å². The van der Waals surface area contributed by atoms with Gasteiger partial charge in [0.1, 0.15) is 6.33 Å². The molecule has 1 aliphatic heterocycles. The normalized spacial score (nSPS) is 13.8. The van der Waals surface area contributed by atoms with Crippen LogP contribution >= 0.6 is 0 Å². The molecule has 0 spiro atoms. The van der Waals surface area contributed by atoms with Gasteiger partial charge in [-0.2, -0.15) is 9.97 Å². The van der Waals surface area contributed by atoms with Crippen molar-refractivity contribution in [2.24, 2.45) is 0 Å². The molecule has 1 saturated heterocycles. The van der Waals surface area contributed by atoms with Gasteiger partial charge in [-0.1, -0.05) is 72.8 Å². The summed E-state index contributed by atoms with van der Waals surface area (Å²) in [6, 6.07) is 29.3. The Balaban J connectivity index is 1.32. The van der Waals surface area contributed by atoms with Crippen LogP contribution in [0.4, 0.5) is 11.8 Å². The highest BCUT2D eigenvalue weighted by Gasteiger charge is 2.19. The summed E-state index contributed by atoms with van der Waals surface area (Å²) in [4.78, 5) is 16.8. The first kappa shape index (κ1) is 21.3. The Labute approximate surface area is 204 Å². The predicted octanol–water partition coefficient (Wildman–Crippen LogP) is 4.50. The molecule has 2 N–H and O–H groups in total. The predicted molar refractivity (Wildman–Crippen MR) is 141 cm³/mol. The molecule has 0 radical (unpaired) electrons. The van der Waals surface area contributed by atoms with E-state index in [-0.39, 0.29) is 0 Å². The molecular weight excluding hydrogens is 434 g/mol. The van der Waals surface area contributed by atoms with Crippen molar-refractivity contribution in [3.8, 4) is 16.8 Å². The number of rotatable bonds is 6. The van der Waals surface area contributed by atoms with Gasteiger partial charge < -0.3 is 15.5 Å². The maximum absolute atomic E-state index is 4.94. The molecule has 0 amide bonds. The van der Waals surface area contributed by atoms with Crippen LogP contribution in [0.3, 0.4) is 0 Å². The van der Waals surface area contributed by atoms with E-state index in [0.29, 0.717) is 6.54 Å². The standard InChI is InChI=1S/C28H27N7/c1-3-7-22(8-4-1)23-13-11-21(12-14-23)19-30-26-25-27(33-28(32-26)34-17-15-29-16-18-34)35(20-31-25)24-9-5-2-6-10-24/h1-14,20,29H,15-19H2,(H,30,32,33). The minimum absolute atomic E-state index is 0.653. The number of anilines is 2. The number of imidazole rings is 1. The van der Waals surface area contributed by atoms with Crippen molar-refractivity contribution in [3.05, 3.63) is 96.8 Å². The summed E-state index contributed by atoms with van der Waals surface area (Å²) >= 11 is 0. The second kappa shape index (κ2) is 9.56. The Bertz CT molecular complexity index is 1410. The van der Waals surface area contributed by atoms with Crippen molar-refractivity contribution in [2.75, 3.05) is 36.4 Å². The molecule has 0 bridgehead atoms. The fourth-order valence-electron chi connectivity index (χ4n) is 4.43. The largest absolute Gasteiger partial charge is 0.364 e. The lowest BCUT2D eigenvalue weighted by atomic mass is 10.0. The molecule has 1 fully saturated rings. The second-order valence-electron chi connectivity index (χ2n) is 8.65. The molecule has 2 aromatic heterocycles. The lowest BCUT2D eigenvalue weighted by Crippen LogP contribution is -2.44. The van der Waals surface area contributed by atoms with Gasteiger partial charge in [-0.15, -0.1) is 0 Å². The second-order valence-corrected chi connectivity index (χ2v) is 8.65. The van der Waals surface area contributed by atoms with E-state index in [0.717, 1.165) is 54.8 Å². The molecule has 7 heteroatoms. The zero-order valence-electron chi connectivity index (χ0n) is 19.4. The number of nitrogens with one attached hydrogen (secondary N) is 2. The highest BCUT2D eigenvalue weighted by Crippen LogP contribution is 2.26. The van der Waals surface area contributed by atoms with Crippen LogP contribution in [-0.2, 0) is 6.54 Å². The highest BCUT2D eigenvalue weighted by molar-refractivity contribution is 5.85. The van der Waals surface area contributed by atoms with Gasteiger partial charge in [0.05, 0.1) is 0 Å². The summed E-state index contributed by atoms with van der Waals surface area (Å²) in [5, 5.41) is 6.94. The van der Waals surface area contributed by atoms with E-state index in [1.807, 2.05) is 35.2 Å². The zero-order chi connectivity index (χ0) is 23.5. The summed E-state index contributed by atoms with van der Waals surface area (Å²) in [5.41, 5.74) is 6.22. The highest BCUT2D eigenvalue weighted by atomic mass is 15.3. The van der Waals surface area contributed by atoms with E-state index in [1.165, 1.54) is 16.7 Å². The van der Waals surface area contributed by atoms with Gasteiger partial charge in [0.2, 0.25) is 5.95 Å². The lowest BCUT2D eigenvalue weighted by molar-refractivity contribution is 0.580. The molecule has 35 heavy (non-hydrogen) atoms. The van der Waals surface area contributed by atoms with Crippen LogP contribution in [0, 0.1) is 0 Å². The third kappa shape index (κ3) is 4.46. The number of hydrogen-bond acceptors (Lipinski definition) is 6.